The molecule has 78 valence electrons. The molecular weight excluding hydrogens is 180 g/mol. The van der Waals surface area contributed by atoms with Gasteiger partial charge in [0.1, 0.15) is 5.41 Å². The van der Waals surface area contributed by atoms with Crippen molar-refractivity contribution in [2.45, 2.75) is 20.3 Å². The second-order valence-electron chi connectivity index (χ2n) is 4.18. The highest BCUT2D eigenvalue weighted by Crippen LogP contribution is 2.14. The third-order valence-electron chi connectivity index (χ3n) is 2.42. The number of nitrogens with one attached hydrogen (secondary N) is 1. The average molecular weight is 196 g/mol. The molecule has 0 radical (unpaired) electrons. The van der Waals surface area contributed by atoms with Gasteiger partial charge in [-0.1, -0.05) is 0 Å². The van der Waals surface area contributed by atoms with Crippen LogP contribution in [-0.2, 0) is 9.53 Å². The van der Waals surface area contributed by atoms with Crippen LogP contribution >= 0.6 is 0 Å². The lowest BCUT2D eigenvalue weighted by Gasteiger charge is -2.16. The van der Waals surface area contributed by atoms with Crippen molar-refractivity contribution >= 4 is 5.91 Å². The molecule has 1 N–H and O–H groups in total. The van der Waals surface area contributed by atoms with E-state index in [0.717, 1.165) is 13.0 Å². The van der Waals surface area contributed by atoms with Gasteiger partial charge in [-0.05, 0) is 20.3 Å². The first kappa shape index (κ1) is 11.0. The summed E-state index contributed by atoms with van der Waals surface area (Å²) in [4.78, 5) is 11.5. The van der Waals surface area contributed by atoms with Gasteiger partial charge in [0.15, 0.2) is 0 Å². The van der Waals surface area contributed by atoms with Gasteiger partial charge in [-0.25, -0.2) is 0 Å². The molecular formula is C10H16N2O2. The molecule has 0 aromatic carbocycles. The van der Waals surface area contributed by atoms with Gasteiger partial charge in [0, 0.05) is 19.1 Å². The van der Waals surface area contributed by atoms with Crippen LogP contribution < -0.4 is 5.32 Å². The first-order chi connectivity index (χ1) is 6.56. The van der Waals surface area contributed by atoms with Gasteiger partial charge in [0.05, 0.1) is 12.7 Å². The number of ether oxygens (including phenoxy) is 1. The number of rotatable bonds is 3. The maximum atomic E-state index is 11.5. The summed E-state index contributed by atoms with van der Waals surface area (Å²) in [6.45, 7) is 5.35. The summed E-state index contributed by atoms with van der Waals surface area (Å²) in [5, 5.41) is 11.5. The van der Waals surface area contributed by atoms with Crippen molar-refractivity contribution in [2.24, 2.45) is 11.3 Å². The summed E-state index contributed by atoms with van der Waals surface area (Å²) in [6.07, 6.45) is 0.993. The van der Waals surface area contributed by atoms with E-state index in [1.807, 2.05) is 6.07 Å². The number of carbonyl (C=O) groups excluding carboxylic acids is 1. The second kappa shape index (κ2) is 4.43. The predicted octanol–water partition coefficient (Wildman–Crippen LogP) is 0.689. The van der Waals surface area contributed by atoms with Crippen LogP contribution in [-0.4, -0.2) is 25.7 Å². The van der Waals surface area contributed by atoms with E-state index in [4.69, 9.17) is 10.00 Å². The molecule has 14 heavy (non-hydrogen) atoms. The van der Waals surface area contributed by atoms with E-state index in [2.05, 4.69) is 5.32 Å². The van der Waals surface area contributed by atoms with Crippen molar-refractivity contribution in [3.8, 4) is 6.07 Å². The fraction of sp³-hybridized carbons (Fsp3) is 0.800. The van der Waals surface area contributed by atoms with Crippen LogP contribution in [0, 0.1) is 22.7 Å². The van der Waals surface area contributed by atoms with E-state index in [1.165, 1.54) is 0 Å². The largest absolute Gasteiger partial charge is 0.381 e. The Balaban J connectivity index is 2.31. The maximum absolute atomic E-state index is 11.5. The summed E-state index contributed by atoms with van der Waals surface area (Å²) in [7, 11) is 0. The standard InChI is InChI=1S/C10H16N2O2/c1-10(2,7-11)9(13)12-5-8-3-4-14-6-8/h8H,3-6H2,1-2H3,(H,12,13). The van der Waals surface area contributed by atoms with Gasteiger partial charge in [-0.2, -0.15) is 5.26 Å². The van der Waals surface area contributed by atoms with Crippen LogP contribution in [0.15, 0.2) is 0 Å². The summed E-state index contributed by atoms with van der Waals surface area (Å²) in [6, 6.07) is 1.97. The third kappa shape index (κ3) is 2.71. The predicted molar refractivity (Wildman–Crippen MR) is 51.3 cm³/mol. The minimum Gasteiger partial charge on any atom is -0.381 e. The van der Waals surface area contributed by atoms with E-state index >= 15 is 0 Å². The Hall–Kier alpha value is -1.08. The molecule has 0 aromatic heterocycles. The fourth-order valence-electron chi connectivity index (χ4n) is 1.25. The van der Waals surface area contributed by atoms with Crippen LogP contribution in [0.25, 0.3) is 0 Å². The molecule has 4 nitrogen and oxygen atoms in total. The van der Waals surface area contributed by atoms with E-state index in [1.54, 1.807) is 13.8 Å². The first-order valence-corrected chi connectivity index (χ1v) is 4.83. The normalized spacial score (nSPS) is 21.6. The molecule has 4 heteroatoms. The Bertz CT molecular complexity index is 249. The number of hydrogen-bond donors (Lipinski definition) is 1. The van der Waals surface area contributed by atoms with Gasteiger partial charge in [0.2, 0.25) is 5.91 Å². The van der Waals surface area contributed by atoms with Crippen molar-refractivity contribution in [1.82, 2.24) is 5.32 Å². The van der Waals surface area contributed by atoms with Gasteiger partial charge in [0.25, 0.3) is 0 Å². The number of carbonyl (C=O) groups is 1. The first-order valence-electron chi connectivity index (χ1n) is 4.83. The average Bonchev–Trinajstić information content (AvgIpc) is 2.66. The summed E-state index contributed by atoms with van der Waals surface area (Å²) < 4.78 is 5.19. The zero-order valence-corrected chi connectivity index (χ0v) is 8.67. The molecule has 0 bridgehead atoms. The summed E-state index contributed by atoms with van der Waals surface area (Å²) >= 11 is 0. The maximum Gasteiger partial charge on any atom is 0.239 e. The van der Waals surface area contributed by atoms with Crippen LogP contribution in [0.3, 0.4) is 0 Å². The highest BCUT2D eigenvalue weighted by molar-refractivity contribution is 5.84. The molecule has 1 fully saturated rings. The lowest BCUT2D eigenvalue weighted by molar-refractivity contribution is -0.126. The molecule has 1 aliphatic heterocycles. The number of nitrogens with zero attached hydrogens (tertiary/aromatic N) is 1. The molecule has 1 unspecified atom stereocenters. The molecule has 0 saturated carbocycles. The topological polar surface area (TPSA) is 62.1 Å². The summed E-state index contributed by atoms with van der Waals surface area (Å²) in [5.41, 5.74) is -0.931. The number of hydrogen-bond acceptors (Lipinski definition) is 3. The molecule has 1 saturated heterocycles. The fourth-order valence-corrected chi connectivity index (χ4v) is 1.25. The van der Waals surface area contributed by atoms with Crippen molar-refractivity contribution < 1.29 is 9.53 Å². The van der Waals surface area contributed by atoms with Crippen molar-refractivity contribution in [2.75, 3.05) is 19.8 Å². The SMILES string of the molecule is CC(C)(C#N)C(=O)NCC1CCOC1. The lowest BCUT2D eigenvalue weighted by atomic mass is 9.94. The molecule has 1 aliphatic rings. The molecule has 0 aromatic rings. The highest BCUT2D eigenvalue weighted by Gasteiger charge is 2.27. The van der Waals surface area contributed by atoms with Crippen LogP contribution in [0.1, 0.15) is 20.3 Å². The minimum atomic E-state index is -0.931. The Kier molecular flexibility index (Phi) is 3.48. The van der Waals surface area contributed by atoms with Crippen molar-refractivity contribution in [1.29, 1.82) is 5.26 Å². The molecule has 1 atom stereocenters. The summed E-state index contributed by atoms with van der Waals surface area (Å²) in [5.74, 6) is 0.209. The zero-order chi connectivity index (χ0) is 10.6. The van der Waals surface area contributed by atoms with Gasteiger partial charge in [-0.15, -0.1) is 0 Å². The monoisotopic (exact) mass is 196 g/mol. The van der Waals surface area contributed by atoms with E-state index in [9.17, 15) is 4.79 Å². The van der Waals surface area contributed by atoms with E-state index in [-0.39, 0.29) is 5.91 Å². The quantitative estimate of drug-likeness (QED) is 0.722. The second-order valence-corrected chi connectivity index (χ2v) is 4.18. The van der Waals surface area contributed by atoms with Crippen molar-refractivity contribution in [3.63, 3.8) is 0 Å². The molecule has 1 heterocycles. The van der Waals surface area contributed by atoms with Gasteiger partial charge < -0.3 is 10.1 Å². The van der Waals surface area contributed by atoms with E-state index < -0.39 is 5.41 Å². The Morgan fingerprint density at radius 3 is 2.93 bits per heavy atom. The van der Waals surface area contributed by atoms with E-state index in [0.29, 0.717) is 19.1 Å². The third-order valence-corrected chi connectivity index (χ3v) is 2.42. The van der Waals surface area contributed by atoms with Crippen LogP contribution in [0.4, 0.5) is 0 Å². The molecule has 0 aliphatic carbocycles. The smallest absolute Gasteiger partial charge is 0.239 e. The number of amides is 1. The Morgan fingerprint density at radius 1 is 1.71 bits per heavy atom. The zero-order valence-electron chi connectivity index (χ0n) is 8.67. The Morgan fingerprint density at radius 2 is 2.43 bits per heavy atom. The molecule has 0 spiro atoms. The van der Waals surface area contributed by atoms with Gasteiger partial charge in [-0.3, -0.25) is 4.79 Å². The lowest BCUT2D eigenvalue weighted by Crippen LogP contribution is -2.38. The van der Waals surface area contributed by atoms with Gasteiger partial charge >= 0.3 is 0 Å². The highest BCUT2D eigenvalue weighted by atomic mass is 16.5. The minimum absolute atomic E-state index is 0.202. The van der Waals surface area contributed by atoms with Crippen molar-refractivity contribution in [3.05, 3.63) is 0 Å². The van der Waals surface area contributed by atoms with Crippen LogP contribution in [0.2, 0.25) is 0 Å². The van der Waals surface area contributed by atoms with Crippen LogP contribution in [0.5, 0.6) is 0 Å². The molecule has 1 rings (SSSR count). The molecule has 1 amide bonds. The number of nitriles is 1. The Labute approximate surface area is 84.2 Å².